The Kier molecular flexibility index (Phi) is 32.0. The lowest BCUT2D eigenvalue weighted by molar-refractivity contribution is 0.0735. The number of aliphatic hydroxyl groups is 4. The summed E-state index contributed by atoms with van der Waals surface area (Å²) < 4.78 is 0. The molecule has 0 rings (SSSR count). The predicted octanol–water partition coefficient (Wildman–Crippen LogP) is 8.86. The summed E-state index contributed by atoms with van der Waals surface area (Å²) in [6.07, 6.45) is 10.3. The molecule has 240 valence electrons. The van der Waals surface area contributed by atoms with Crippen molar-refractivity contribution in [1.82, 2.24) is 0 Å². The Morgan fingerprint density at radius 2 is 0.475 bits per heavy atom. The molecule has 0 aliphatic rings. The van der Waals surface area contributed by atoms with Gasteiger partial charge in [0.15, 0.2) is 0 Å². The van der Waals surface area contributed by atoms with E-state index in [4.69, 9.17) is 0 Å². The van der Waals surface area contributed by atoms with E-state index < -0.39 is 0 Å². The maximum Gasteiger partial charge on any atom is 0.0591 e. The van der Waals surface area contributed by atoms with Crippen LogP contribution in [0.4, 0.5) is 0 Å². The van der Waals surface area contributed by atoms with E-state index in [2.05, 4.69) is 26.3 Å². The van der Waals surface area contributed by atoms with Crippen molar-refractivity contribution >= 4 is 0 Å². The zero-order valence-electron chi connectivity index (χ0n) is 28.7. The van der Waals surface area contributed by atoms with Gasteiger partial charge in [0.1, 0.15) is 0 Å². The average Bonchev–Trinajstić information content (AvgIpc) is 2.88. The van der Waals surface area contributed by atoms with E-state index in [1.807, 2.05) is 107 Å². The molecule has 4 N–H and O–H groups in total. The molecule has 0 aliphatic heterocycles. The fraction of sp³-hybridized carbons (Fsp3) is 0.778. The Labute approximate surface area is 251 Å². The zero-order valence-corrected chi connectivity index (χ0v) is 28.7. The normalized spacial score (nSPS) is 16.9. The monoisotopic (exact) mass is 569 g/mol. The first-order valence-electron chi connectivity index (χ1n) is 15.5. The molecule has 0 saturated carbocycles. The van der Waals surface area contributed by atoms with Gasteiger partial charge in [-0.2, -0.15) is 0 Å². The van der Waals surface area contributed by atoms with Crippen molar-refractivity contribution in [3.63, 3.8) is 0 Å². The van der Waals surface area contributed by atoms with Gasteiger partial charge in [-0.3, -0.25) is 0 Å². The van der Waals surface area contributed by atoms with E-state index in [1.54, 1.807) is 0 Å². The lowest BCUT2D eigenvalue weighted by Crippen LogP contribution is -2.22. The highest BCUT2D eigenvalue weighted by molar-refractivity contribution is 4.78. The minimum Gasteiger partial charge on any atom is -0.393 e. The summed E-state index contributed by atoms with van der Waals surface area (Å²) in [5.74, 6) is 2.81. The molecule has 4 nitrogen and oxygen atoms in total. The molecule has 0 aromatic heterocycles. The van der Waals surface area contributed by atoms with E-state index in [0.29, 0.717) is 47.3 Å². The Morgan fingerprint density at radius 3 is 0.550 bits per heavy atom. The van der Waals surface area contributed by atoms with Crippen LogP contribution in [-0.4, -0.2) is 44.8 Å². The Hall–Kier alpha value is -1.20. The van der Waals surface area contributed by atoms with E-state index >= 15 is 0 Å². The molecule has 0 bridgehead atoms. The van der Waals surface area contributed by atoms with Crippen molar-refractivity contribution in [1.29, 1.82) is 0 Å². The van der Waals surface area contributed by atoms with Gasteiger partial charge in [0, 0.05) is 0 Å². The first kappa shape index (κ1) is 45.8. The van der Waals surface area contributed by atoms with E-state index in [-0.39, 0.29) is 24.4 Å². The van der Waals surface area contributed by atoms with Gasteiger partial charge in [0.05, 0.1) is 24.4 Å². The molecular formula is C36H72O4. The third kappa shape index (κ3) is 25.7. The van der Waals surface area contributed by atoms with Crippen LogP contribution in [0.5, 0.6) is 0 Å². The lowest BCUT2D eigenvalue weighted by atomic mass is 9.92. The summed E-state index contributed by atoms with van der Waals surface area (Å²) >= 11 is 0. The van der Waals surface area contributed by atoms with Crippen LogP contribution in [0, 0.1) is 47.3 Å². The number of hydrogen-bond donors (Lipinski definition) is 4. The van der Waals surface area contributed by atoms with Crippen molar-refractivity contribution in [2.24, 2.45) is 47.3 Å². The van der Waals surface area contributed by atoms with Crippen LogP contribution in [0.2, 0.25) is 0 Å². The molecule has 0 unspecified atom stereocenters. The highest BCUT2D eigenvalue weighted by Gasteiger charge is 2.17. The number of aliphatic hydroxyl groups excluding tert-OH is 4. The fourth-order valence-electron chi connectivity index (χ4n) is 4.24. The summed E-state index contributed by atoms with van der Waals surface area (Å²) in [6.45, 7) is 39.0. The Bertz CT molecular complexity index is 492. The van der Waals surface area contributed by atoms with Crippen LogP contribution < -0.4 is 0 Å². The van der Waals surface area contributed by atoms with Crippen molar-refractivity contribution < 1.29 is 20.4 Å². The molecule has 0 heterocycles. The molecule has 0 amide bonds. The molecule has 40 heavy (non-hydrogen) atoms. The number of hydrogen-bond acceptors (Lipinski definition) is 4. The molecule has 0 radical (unpaired) electrons. The smallest absolute Gasteiger partial charge is 0.0591 e. The number of allylic oxidation sites excluding steroid dienone is 4. The highest BCUT2D eigenvalue weighted by Crippen LogP contribution is 2.17. The van der Waals surface area contributed by atoms with Crippen molar-refractivity contribution in [3.8, 4) is 0 Å². The molecular weight excluding hydrogens is 496 g/mol. The van der Waals surface area contributed by atoms with Crippen LogP contribution in [-0.2, 0) is 0 Å². The molecule has 0 aromatic carbocycles. The van der Waals surface area contributed by atoms with E-state index in [1.165, 1.54) is 0 Å². The topological polar surface area (TPSA) is 80.9 Å². The van der Waals surface area contributed by atoms with Crippen molar-refractivity contribution in [2.75, 3.05) is 0 Å². The quantitative estimate of drug-likeness (QED) is 0.140. The molecule has 8 atom stereocenters. The van der Waals surface area contributed by atoms with Crippen LogP contribution >= 0.6 is 0 Å². The van der Waals surface area contributed by atoms with Crippen LogP contribution in [0.3, 0.4) is 0 Å². The standard InChI is InChI=1S/4C9H18O/c4*1-5-6-8(4)9(10)7(2)3/h4*5,7-10H,1,6H2,2-4H3/t2*8-,9+;2*8-,9-/m1010/s1. The average molecular weight is 569 g/mol. The maximum atomic E-state index is 9.48. The second-order valence-electron chi connectivity index (χ2n) is 12.9. The van der Waals surface area contributed by atoms with Gasteiger partial charge in [0.2, 0.25) is 0 Å². The van der Waals surface area contributed by atoms with Crippen LogP contribution in [0.25, 0.3) is 0 Å². The number of rotatable bonds is 16. The highest BCUT2D eigenvalue weighted by atomic mass is 16.3. The van der Waals surface area contributed by atoms with Gasteiger partial charge in [-0.25, -0.2) is 0 Å². The Balaban J connectivity index is -0.000000216. The minimum atomic E-state index is -0.182. The molecule has 0 aromatic rings. The largest absolute Gasteiger partial charge is 0.393 e. The fourth-order valence-corrected chi connectivity index (χ4v) is 4.24. The third-order valence-corrected chi connectivity index (χ3v) is 7.22. The Morgan fingerprint density at radius 1 is 0.350 bits per heavy atom. The summed E-state index contributed by atoms with van der Waals surface area (Å²) in [4.78, 5) is 0. The van der Waals surface area contributed by atoms with Crippen LogP contribution in [0.15, 0.2) is 50.6 Å². The third-order valence-electron chi connectivity index (χ3n) is 7.22. The van der Waals surface area contributed by atoms with Gasteiger partial charge in [-0.15, -0.1) is 26.3 Å². The lowest BCUT2D eigenvalue weighted by Gasteiger charge is -2.20. The van der Waals surface area contributed by atoms with Gasteiger partial charge in [-0.05, 0) is 73.0 Å². The molecule has 0 saturated heterocycles. The van der Waals surface area contributed by atoms with Gasteiger partial charge in [0.25, 0.3) is 0 Å². The molecule has 4 heteroatoms. The minimum absolute atomic E-state index is 0.182. The predicted molar refractivity (Wildman–Crippen MR) is 179 cm³/mol. The second kappa shape index (κ2) is 27.9. The summed E-state index contributed by atoms with van der Waals surface area (Å²) in [6, 6.07) is 0. The van der Waals surface area contributed by atoms with Gasteiger partial charge in [-0.1, -0.05) is 107 Å². The first-order chi connectivity index (χ1) is 18.4. The van der Waals surface area contributed by atoms with Gasteiger partial charge >= 0.3 is 0 Å². The van der Waals surface area contributed by atoms with Crippen LogP contribution in [0.1, 0.15) is 109 Å². The summed E-state index contributed by atoms with van der Waals surface area (Å²) in [7, 11) is 0. The SMILES string of the molecule is C=CC[C@@H](C)[C@@H](O)C(C)C.C=CC[C@@H](C)[C@H](O)C(C)C.C=CC[C@H](C)[C@@H](O)C(C)C.C=CC[C@H](C)[C@H](O)C(C)C. The molecule has 0 fully saturated rings. The van der Waals surface area contributed by atoms with Crippen molar-refractivity contribution in [2.45, 2.75) is 133 Å². The maximum absolute atomic E-state index is 9.48. The second-order valence-corrected chi connectivity index (χ2v) is 12.9. The summed E-state index contributed by atoms with van der Waals surface area (Å²) in [5, 5.41) is 37.9. The summed E-state index contributed by atoms with van der Waals surface area (Å²) in [5.41, 5.74) is 0. The van der Waals surface area contributed by atoms with E-state index in [0.717, 1.165) is 25.7 Å². The van der Waals surface area contributed by atoms with E-state index in [9.17, 15) is 20.4 Å². The molecule has 0 aliphatic carbocycles. The van der Waals surface area contributed by atoms with Gasteiger partial charge < -0.3 is 20.4 Å². The molecule has 0 spiro atoms. The first-order valence-corrected chi connectivity index (χ1v) is 15.5. The zero-order chi connectivity index (χ0) is 32.6. The van der Waals surface area contributed by atoms with Crippen molar-refractivity contribution in [3.05, 3.63) is 50.6 Å².